The van der Waals surface area contributed by atoms with Crippen LogP contribution in [0.15, 0.2) is 0 Å². The van der Waals surface area contributed by atoms with E-state index in [1.165, 1.54) is 32.1 Å². The van der Waals surface area contributed by atoms with E-state index in [2.05, 4.69) is 32.6 Å². The Labute approximate surface area is 107 Å². The van der Waals surface area contributed by atoms with Crippen LogP contribution in [0.5, 0.6) is 0 Å². The molecular formula is C15H31NO. The maximum Gasteiger partial charge on any atom is 0.0695 e. The minimum Gasteiger partial charge on any atom is -0.391 e. The summed E-state index contributed by atoms with van der Waals surface area (Å²) >= 11 is 0. The molecule has 1 aliphatic carbocycles. The van der Waals surface area contributed by atoms with Crippen LogP contribution in [-0.4, -0.2) is 34.7 Å². The maximum absolute atomic E-state index is 10.3. The molecule has 0 aromatic rings. The third-order valence-electron chi connectivity index (χ3n) is 4.16. The Morgan fingerprint density at radius 3 is 2.41 bits per heavy atom. The number of aliphatic hydroxyl groups excluding tert-OH is 1. The molecule has 2 heteroatoms. The average Bonchev–Trinajstić information content (AvgIpc) is 2.29. The number of hydrogen-bond donors (Lipinski definition) is 1. The van der Waals surface area contributed by atoms with E-state index < -0.39 is 0 Å². The zero-order valence-electron chi connectivity index (χ0n) is 12.2. The summed E-state index contributed by atoms with van der Waals surface area (Å²) in [5.41, 5.74) is 0. The summed E-state index contributed by atoms with van der Waals surface area (Å²) in [5.74, 6) is 0.839. The summed E-state index contributed by atoms with van der Waals surface area (Å²) in [5, 5.41) is 10.3. The van der Waals surface area contributed by atoms with Crippen LogP contribution in [0.2, 0.25) is 0 Å². The molecule has 0 bridgehead atoms. The lowest BCUT2D eigenvalue weighted by Crippen LogP contribution is -2.50. The van der Waals surface area contributed by atoms with Gasteiger partial charge in [-0.1, -0.05) is 26.7 Å². The van der Waals surface area contributed by atoms with Crippen LogP contribution in [0.4, 0.5) is 0 Å². The molecule has 0 aliphatic heterocycles. The maximum atomic E-state index is 10.3. The van der Waals surface area contributed by atoms with Crippen LogP contribution in [0.3, 0.4) is 0 Å². The van der Waals surface area contributed by atoms with Crippen LogP contribution in [-0.2, 0) is 0 Å². The Morgan fingerprint density at radius 1 is 1.18 bits per heavy atom. The lowest BCUT2D eigenvalue weighted by molar-refractivity contribution is -0.0118. The fraction of sp³-hybridized carbons (Fsp3) is 1.00. The first-order valence-corrected chi connectivity index (χ1v) is 7.53. The van der Waals surface area contributed by atoms with E-state index in [0.29, 0.717) is 12.1 Å². The van der Waals surface area contributed by atoms with Crippen molar-refractivity contribution in [2.24, 2.45) is 5.92 Å². The van der Waals surface area contributed by atoms with Gasteiger partial charge >= 0.3 is 0 Å². The van der Waals surface area contributed by atoms with E-state index in [-0.39, 0.29) is 6.10 Å². The molecule has 0 aromatic heterocycles. The van der Waals surface area contributed by atoms with Gasteiger partial charge in [0.1, 0.15) is 0 Å². The topological polar surface area (TPSA) is 23.5 Å². The first kappa shape index (κ1) is 15.0. The zero-order chi connectivity index (χ0) is 12.8. The first-order chi connectivity index (χ1) is 8.10. The fourth-order valence-corrected chi connectivity index (χ4v) is 3.31. The third-order valence-corrected chi connectivity index (χ3v) is 4.16. The summed E-state index contributed by atoms with van der Waals surface area (Å²) in [7, 11) is 0. The van der Waals surface area contributed by atoms with E-state index in [0.717, 1.165) is 18.9 Å². The molecule has 0 radical (unpaired) electrons. The first-order valence-electron chi connectivity index (χ1n) is 7.53. The highest BCUT2D eigenvalue weighted by Gasteiger charge is 2.33. The van der Waals surface area contributed by atoms with Crippen molar-refractivity contribution < 1.29 is 5.11 Å². The van der Waals surface area contributed by atoms with Gasteiger partial charge in [0.2, 0.25) is 0 Å². The standard InChI is InChI=1S/C15H31NO/c1-5-7-13-8-9-15(17)14(11-13)16(10-6-2)12(3)4/h12-15,17H,5-11H2,1-4H3. The van der Waals surface area contributed by atoms with E-state index in [1.807, 2.05) is 0 Å². The minimum atomic E-state index is -0.0999. The van der Waals surface area contributed by atoms with Crippen molar-refractivity contribution in [1.82, 2.24) is 4.90 Å². The highest BCUT2D eigenvalue weighted by atomic mass is 16.3. The summed E-state index contributed by atoms with van der Waals surface area (Å²) < 4.78 is 0. The Balaban J connectivity index is 2.62. The van der Waals surface area contributed by atoms with Gasteiger partial charge < -0.3 is 5.11 Å². The van der Waals surface area contributed by atoms with E-state index in [4.69, 9.17) is 0 Å². The normalized spacial score (nSPS) is 30.2. The van der Waals surface area contributed by atoms with E-state index in [1.54, 1.807) is 0 Å². The van der Waals surface area contributed by atoms with Crippen molar-refractivity contribution in [2.75, 3.05) is 6.54 Å². The van der Waals surface area contributed by atoms with Gasteiger partial charge in [-0.25, -0.2) is 0 Å². The van der Waals surface area contributed by atoms with Gasteiger partial charge in [0, 0.05) is 12.1 Å². The van der Waals surface area contributed by atoms with Gasteiger partial charge in [0.15, 0.2) is 0 Å². The molecule has 1 rings (SSSR count). The van der Waals surface area contributed by atoms with Crippen LogP contribution in [0.1, 0.15) is 66.2 Å². The summed E-state index contributed by atoms with van der Waals surface area (Å²) in [6.45, 7) is 10.1. The van der Waals surface area contributed by atoms with Gasteiger partial charge in [0.25, 0.3) is 0 Å². The Morgan fingerprint density at radius 2 is 1.88 bits per heavy atom. The number of rotatable bonds is 6. The SMILES string of the molecule is CCCC1CCC(O)C(N(CCC)C(C)C)C1. The van der Waals surface area contributed by atoms with E-state index >= 15 is 0 Å². The van der Waals surface area contributed by atoms with Crippen molar-refractivity contribution in [3.63, 3.8) is 0 Å². The molecule has 1 N–H and O–H groups in total. The Bertz CT molecular complexity index is 205. The van der Waals surface area contributed by atoms with Crippen LogP contribution in [0, 0.1) is 5.92 Å². The van der Waals surface area contributed by atoms with Gasteiger partial charge in [-0.2, -0.15) is 0 Å². The lowest BCUT2D eigenvalue weighted by atomic mass is 9.80. The smallest absolute Gasteiger partial charge is 0.0695 e. The van der Waals surface area contributed by atoms with Gasteiger partial charge in [-0.05, 0) is 52.0 Å². The molecule has 1 saturated carbocycles. The molecule has 3 unspecified atom stereocenters. The minimum absolute atomic E-state index is 0.0999. The molecule has 2 nitrogen and oxygen atoms in total. The largest absolute Gasteiger partial charge is 0.391 e. The molecule has 3 atom stereocenters. The highest BCUT2D eigenvalue weighted by Crippen LogP contribution is 2.31. The summed E-state index contributed by atoms with van der Waals surface area (Å²) in [6.07, 6.45) is 7.13. The predicted octanol–water partition coefficient (Wildman–Crippen LogP) is 3.44. The summed E-state index contributed by atoms with van der Waals surface area (Å²) in [4.78, 5) is 2.52. The zero-order valence-corrected chi connectivity index (χ0v) is 12.2. The van der Waals surface area contributed by atoms with Crippen LogP contribution >= 0.6 is 0 Å². The van der Waals surface area contributed by atoms with Crippen molar-refractivity contribution in [2.45, 2.75) is 84.4 Å². The summed E-state index contributed by atoms with van der Waals surface area (Å²) in [6, 6.07) is 0.954. The molecule has 0 amide bonds. The molecule has 0 heterocycles. The molecule has 17 heavy (non-hydrogen) atoms. The number of aliphatic hydroxyl groups is 1. The van der Waals surface area contributed by atoms with Crippen molar-refractivity contribution in [3.05, 3.63) is 0 Å². The quantitative estimate of drug-likeness (QED) is 0.770. The second kappa shape index (κ2) is 7.38. The average molecular weight is 241 g/mol. The van der Waals surface area contributed by atoms with Gasteiger partial charge in [-0.15, -0.1) is 0 Å². The molecular weight excluding hydrogens is 210 g/mol. The molecule has 102 valence electrons. The molecule has 1 aliphatic rings. The number of nitrogens with zero attached hydrogens (tertiary/aromatic N) is 1. The van der Waals surface area contributed by atoms with Crippen molar-refractivity contribution in [3.8, 4) is 0 Å². The number of hydrogen-bond acceptors (Lipinski definition) is 2. The second-order valence-electron chi connectivity index (χ2n) is 5.93. The van der Waals surface area contributed by atoms with Crippen LogP contribution < -0.4 is 0 Å². The van der Waals surface area contributed by atoms with Crippen molar-refractivity contribution in [1.29, 1.82) is 0 Å². The molecule has 1 fully saturated rings. The van der Waals surface area contributed by atoms with Crippen LogP contribution in [0.25, 0.3) is 0 Å². The monoisotopic (exact) mass is 241 g/mol. The van der Waals surface area contributed by atoms with Crippen molar-refractivity contribution >= 4 is 0 Å². The second-order valence-corrected chi connectivity index (χ2v) is 5.93. The Hall–Kier alpha value is -0.0800. The molecule has 0 saturated heterocycles. The predicted molar refractivity (Wildman–Crippen MR) is 74.2 cm³/mol. The molecule has 0 aromatic carbocycles. The van der Waals surface area contributed by atoms with E-state index in [9.17, 15) is 5.11 Å². The third kappa shape index (κ3) is 4.26. The van der Waals surface area contributed by atoms with Gasteiger partial charge in [-0.3, -0.25) is 4.90 Å². The van der Waals surface area contributed by atoms with Gasteiger partial charge in [0.05, 0.1) is 6.10 Å². The fourth-order valence-electron chi connectivity index (χ4n) is 3.31. The highest BCUT2D eigenvalue weighted by molar-refractivity contribution is 4.88. The molecule has 0 spiro atoms. The lowest BCUT2D eigenvalue weighted by Gasteiger charge is -2.42. The Kier molecular flexibility index (Phi) is 6.50.